The summed E-state index contributed by atoms with van der Waals surface area (Å²) in [7, 11) is -0.0506. The minimum absolute atomic E-state index is 0. The maximum absolute atomic E-state index is 2.76. The molecule has 0 N–H and O–H groups in total. The third-order valence-electron chi connectivity index (χ3n) is 8.90. The van der Waals surface area contributed by atoms with E-state index in [1.807, 2.05) is 5.31 Å². The van der Waals surface area contributed by atoms with Gasteiger partial charge in [-0.15, -0.1) is 0 Å². The number of hydrogen-bond acceptors (Lipinski definition) is 0. The van der Waals surface area contributed by atoms with Crippen molar-refractivity contribution in [3.63, 3.8) is 0 Å². The van der Waals surface area contributed by atoms with Crippen LogP contribution in [0.15, 0.2) is 59.2 Å². The largest absolute Gasteiger partial charge is 1.00 e. The number of benzene rings is 2. The molecule has 0 aromatic heterocycles. The third-order valence-corrected chi connectivity index (χ3v) is 19.8. The molecule has 0 spiro atoms. The summed E-state index contributed by atoms with van der Waals surface area (Å²) in [6.07, 6.45) is 20.3. The van der Waals surface area contributed by atoms with Gasteiger partial charge in [-0.1, -0.05) is 0 Å². The Hall–Kier alpha value is 0.243. The summed E-state index contributed by atoms with van der Waals surface area (Å²) < 4.78 is 1.56. The van der Waals surface area contributed by atoms with Gasteiger partial charge in [0.15, 0.2) is 0 Å². The molecule has 6 rings (SSSR count). The van der Waals surface area contributed by atoms with Crippen molar-refractivity contribution in [2.45, 2.75) is 82.8 Å². The number of halogens is 2. The molecule has 2 atom stereocenters. The second-order valence-corrected chi connectivity index (χ2v) is 20.1. The molecular weight excluding hydrogens is 608 g/mol. The molecule has 0 nitrogen and oxygen atoms in total. The molecule has 2 unspecified atom stereocenters. The van der Waals surface area contributed by atoms with Gasteiger partial charge in [0.1, 0.15) is 0 Å². The van der Waals surface area contributed by atoms with Crippen LogP contribution < -0.4 is 24.8 Å². The van der Waals surface area contributed by atoms with Crippen LogP contribution in [0, 0.1) is 0 Å². The summed E-state index contributed by atoms with van der Waals surface area (Å²) in [4.78, 5) is 0. The number of allylic oxidation sites excluding steroid dienone is 2. The molecular formula is C32H40Cl2P2Zr. The second kappa shape index (κ2) is 13.7. The van der Waals surface area contributed by atoms with Crippen molar-refractivity contribution >= 4 is 28.0 Å². The smallest absolute Gasteiger partial charge is 1.00 e. The van der Waals surface area contributed by atoms with Crippen molar-refractivity contribution in [3.8, 4) is 0 Å². The zero-order chi connectivity index (χ0) is 23.8. The summed E-state index contributed by atoms with van der Waals surface area (Å²) in [6.45, 7) is 4.99. The van der Waals surface area contributed by atoms with Crippen LogP contribution in [0.2, 0.25) is 0 Å². The Kier molecular flexibility index (Phi) is 11.2. The topological polar surface area (TPSA) is 0 Å². The molecule has 0 heterocycles. The van der Waals surface area contributed by atoms with Crippen LogP contribution in [0.3, 0.4) is 0 Å². The van der Waals surface area contributed by atoms with Crippen molar-refractivity contribution in [1.29, 1.82) is 0 Å². The maximum Gasteiger partial charge on any atom is -1.00 e. The molecule has 2 aromatic carbocycles. The minimum Gasteiger partial charge on any atom is -1.00 e. The first-order chi connectivity index (χ1) is 17.2. The number of fused-ring (bicyclic) bond motifs is 2. The molecule has 37 heavy (non-hydrogen) atoms. The van der Waals surface area contributed by atoms with E-state index in [1.165, 1.54) is 69.8 Å². The van der Waals surface area contributed by atoms with Gasteiger partial charge in [-0.05, 0) is 0 Å². The molecule has 4 aliphatic carbocycles. The zero-order valence-electron chi connectivity index (χ0n) is 22.3. The third kappa shape index (κ3) is 6.28. The van der Waals surface area contributed by atoms with Crippen LogP contribution in [0.5, 0.6) is 0 Å². The fourth-order valence-corrected chi connectivity index (χ4v) is 20.4. The van der Waals surface area contributed by atoms with E-state index in [0.29, 0.717) is 0 Å². The Labute approximate surface area is 251 Å². The van der Waals surface area contributed by atoms with E-state index in [4.69, 9.17) is 0 Å². The van der Waals surface area contributed by atoms with E-state index in [-0.39, 0.29) is 40.7 Å². The van der Waals surface area contributed by atoms with Gasteiger partial charge in [0, 0.05) is 0 Å². The summed E-state index contributed by atoms with van der Waals surface area (Å²) >= 11 is -0.788. The molecule has 2 aromatic rings. The Balaban J connectivity index is 0.00000160. The predicted molar refractivity (Wildman–Crippen MR) is 154 cm³/mol. The molecule has 5 heteroatoms. The molecule has 2 fully saturated rings. The zero-order valence-corrected chi connectivity index (χ0v) is 28.1. The first-order valence-electron chi connectivity index (χ1n) is 14.0. The first-order valence-corrected chi connectivity index (χ1v) is 20.6. The van der Waals surface area contributed by atoms with Crippen molar-refractivity contribution in [3.05, 3.63) is 81.4 Å². The Morgan fingerprint density at radius 3 is 1.51 bits per heavy atom. The summed E-state index contributed by atoms with van der Waals surface area (Å²) in [5.74, 6) is 0. The second-order valence-electron chi connectivity index (χ2n) is 11.3. The van der Waals surface area contributed by atoms with E-state index in [1.54, 1.807) is 22.0 Å². The van der Waals surface area contributed by atoms with E-state index in [2.05, 4.69) is 74.0 Å². The molecule has 0 aliphatic heterocycles. The average Bonchev–Trinajstić information content (AvgIpc) is 3.45. The molecule has 4 aliphatic rings. The van der Waals surface area contributed by atoms with Crippen molar-refractivity contribution < 1.29 is 48.0 Å². The normalized spacial score (nSPS) is 23.5. The van der Waals surface area contributed by atoms with Gasteiger partial charge in [0.05, 0.1) is 0 Å². The van der Waals surface area contributed by atoms with E-state index in [9.17, 15) is 0 Å². The fraction of sp³-hybridized carbons (Fsp3) is 0.500. The molecule has 0 saturated heterocycles. The monoisotopic (exact) mass is 646 g/mol. The van der Waals surface area contributed by atoms with Crippen molar-refractivity contribution in [2.75, 3.05) is 13.3 Å². The van der Waals surface area contributed by atoms with E-state index < -0.39 is 23.2 Å². The Bertz CT molecular complexity index is 1100. The quantitative estimate of drug-likeness (QED) is 0.413. The Morgan fingerprint density at radius 2 is 1.03 bits per heavy atom. The SMILES string of the molecule is CP(C)C1=Cc2ccccc2[CH]1[Zr+2][CH]1C(P(C2CCCCC2)C2CCCCC2)=Cc2ccccc21.[Cl-].[Cl-]. The van der Waals surface area contributed by atoms with Gasteiger partial charge in [-0.2, -0.15) is 0 Å². The van der Waals surface area contributed by atoms with Crippen LogP contribution >= 0.6 is 15.8 Å². The van der Waals surface area contributed by atoms with Gasteiger partial charge in [-0.3, -0.25) is 0 Å². The minimum atomic E-state index is -0.788. The molecule has 0 amide bonds. The van der Waals surface area contributed by atoms with Crippen LogP contribution in [-0.4, -0.2) is 24.6 Å². The maximum atomic E-state index is 2.76. The van der Waals surface area contributed by atoms with Crippen molar-refractivity contribution in [1.82, 2.24) is 0 Å². The van der Waals surface area contributed by atoms with Crippen LogP contribution in [-0.2, 0) is 23.2 Å². The van der Waals surface area contributed by atoms with Gasteiger partial charge in [0.2, 0.25) is 0 Å². The van der Waals surface area contributed by atoms with Crippen molar-refractivity contribution in [2.24, 2.45) is 0 Å². The molecule has 0 bridgehead atoms. The van der Waals surface area contributed by atoms with Crippen LogP contribution in [0.1, 0.15) is 93.7 Å². The van der Waals surface area contributed by atoms with Crippen LogP contribution in [0.4, 0.5) is 0 Å². The average molecular weight is 649 g/mol. The summed E-state index contributed by atoms with van der Waals surface area (Å²) in [5, 5.41) is 3.78. The van der Waals surface area contributed by atoms with Gasteiger partial charge in [0.25, 0.3) is 0 Å². The molecule has 0 radical (unpaired) electrons. The number of hydrogen-bond donors (Lipinski definition) is 0. The van der Waals surface area contributed by atoms with Gasteiger partial charge < -0.3 is 24.8 Å². The molecule has 196 valence electrons. The first kappa shape index (κ1) is 30.2. The fourth-order valence-electron chi connectivity index (χ4n) is 7.18. The molecule has 2 saturated carbocycles. The van der Waals surface area contributed by atoms with Gasteiger partial charge >= 0.3 is 229 Å². The number of rotatable bonds is 6. The predicted octanol–water partition coefficient (Wildman–Crippen LogP) is 4.16. The standard InChI is InChI=1S/C21H28P.C11H12P.2ClH.Zr/c1-3-11-19(12-4-1)22(20-13-5-2-6-14-20)21-15-17-9-7-8-10-18(17)16-21;1-12(2)11-7-9-5-3-4-6-10(9)8-11;;;/h7-10,15-16,19-20H,1-6,11-14H2;3-8H,1-2H3;2*1H;/q;;;;+2/p-2. The Morgan fingerprint density at radius 1 is 0.595 bits per heavy atom. The van der Waals surface area contributed by atoms with E-state index >= 15 is 0 Å². The summed E-state index contributed by atoms with van der Waals surface area (Å²) in [6, 6.07) is 19.0. The van der Waals surface area contributed by atoms with Crippen LogP contribution in [0.25, 0.3) is 12.2 Å². The summed E-state index contributed by atoms with van der Waals surface area (Å²) in [5.41, 5.74) is 8.51. The van der Waals surface area contributed by atoms with E-state index in [0.717, 1.165) is 18.6 Å². The van der Waals surface area contributed by atoms with Gasteiger partial charge in [-0.25, -0.2) is 0 Å².